The predicted octanol–water partition coefficient (Wildman–Crippen LogP) is 6.63. The minimum absolute atomic E-state index is 0.0557. The predicted molar refractivity (Wildman–Crippen MR) is 146 cm³/mol. The molecule has 192 valence electrons. The van der Waals surface area contributed by atoms with Crippen molar-refractivity contribution in [2.45, 2.75) is 52.6 Å². The number of Topliss-reactive ketones (excluding diaryl/α,β-unsaturated/α-hetero) is 1. The molecule has 0 fully saturated rings. The number of hydrogen-bond donors (Lipinski definition) is 1. The number of aryl methyl sites for hydroxylation is 2. The van der Waals surface area contributed by atoms with Gasteiger partial charge in [0.1, 0.15) is 24.0 Å². The molecule has 5 nitrogen and oxygen atoms in total. The van der Waals surface area contributed by atoms with Crippen LogP contribution in [0.1, 0.15) is 53.0 Å². The first-order chi connectivity index (χ1) is 18.3. The van der Waals surface area contributed by atoms with Gasteiger partial charge in [-0.3, -0.25) is 9.69 Å². The molecule has 0 saturated heterocycles. The van der Waals surface area contributed by atoms with Crippen LogP contribution in [0.5, 0.6) is 5.75 Å². The van der Waals surface area contributed by atoms with Gasteiger partial charge in [0, 0.05) is 17.7 Å². The Morgan fingerprint density at radius 2 is 1.82 bits per heavy atom. The quantitative estimate of drug-likeness (QED) is 0.419. The van der Waals surface area contributed by atoms with Gasteiger partial charge in [-0.05, 0) is 86.2 Å². The number of halogens is 1. The van der Waals surface area contributed by atoms with Gasteiger partial charge in [-0.25, -0.2) is 4.39 Å². The van der Waals surface area contributed by atoms with Crippen molar-refractivity contribution in [3.05, 3.63) is 117 Å². The van der Waals surface area contributed by atoms with Crippen molar-refractivity contribution >= 4 is 11.5 Å². The lowest BCUT2D eigenvalue weighted by Gasteiger charge is -2.40. The smallest absolute Gasteiger partial charge is 0.161 e. The second-order valence-electron chi connectivity index (χ2n) is 9.98. The van der Waals surface area contributed by atoms with Crippen molar-refractivity contribution in [2.24, 2.45) is 5.73 Å². The number of nitrogens with zero attached hydrogens (tertiary/aromatic N) is 2. The van der Waals surface area contributed by atoms with Gasteiger partial charge in [-0.1, -0.05) is 35.9 Å². The first-order valence-corrected chi connectivity index (χ1v) is 12.8. The Labute approximate surface area is 222 Å². The van der Waals surface area contributed by atoms with Gasteiger partial charge >= 0.3 is 0 Å². The number of benzene rings is 3. The van der Waals surface area contributed by atoms with Gasteiger partial charge in [0.15, 0.2) is 5.78 Å². The summed E-state index contributed by atoms with van der Waals surface area (Å²) < 4.78 is 19.3. The minimum Gasteiger partial charge on any atom is -0.489 e. The molecule has 1 heterocycles. The summed E-state index contributed by atoms with van der Waals surface area (Å²) in [6.07, 6.45) is 1.89. The molecule has 0 amide bonds. The number of para-hydroxylation sites is 1. The molecule has 0 radical (unpaired) electrons. The summed E-state index contributed by atoms with van der Waals surface area (Å²) in [6, 6.07) is 20.2. The van der Waals surface area contributed by atoms with Gasteiger partial charge in [-0.15, -0.1) is 0 Å². The van der Waals surface area contributed by atoms with E-state index in [-0.39, 0.29) is 18.2 Å². The lowest BCUT2D eigenvalue weighted by Crippen LogP contribution is -2.39. The number of ketones is 1. The van der Waals surface area contributed by atoms with Gasteiger partial charge in [0.25, 0.3) is 0 Å². The van der Waals surface area contributed by atoms with Crippen LogP contribution >= 0.6 is 0 Å². The average Bonchev–Trinajstić information content (AvgIpc) is 2.90. The van der Waals surface area contributed by atoms with E-state index in [1.165, 1.54) is 12.1 Å². The van der Waals surface area contributed by atoms with E-state index in [4.69, 9.17) is 10.5 Å². The van der Waals surface area contributed by atoms with Crippen molar-refractivity contribution in [3.8, 4) is 11.8 Å². The third-order valence-corrected chi connectivity index (χ3v) is 7.49. The number of nitrogens with two attached hydrogens (primary N) is 1. The number of ether oxygens (including phenoxy) is 1. The molecule has 1 unspecified atom stereocenters. The van der Waals surface area contributed by atoms with Gasteiger partial charge in [-0.2, -0.15) is 5.26 Å². The molecular weight excluding hydrogens is 477 g/mol. The van der Waals surface area contributed by atoms with E-state index in [1.54, 1.807) is 12.1 Å². The maximum Gasteiger partial charge on any atom is 0.161 e. The Hall–Kier alpha value is -4.37. The summed E-state index contributed by atoms with van der Waals surface area (Å²) >= 11 is 0. The van der Waals surface area contributed by atoms with Crippen LogP contribution in [0.15, 0.2) is 83.3 Å². The highest BCUT2D eigenvalue weighted by Gasteiger charge is 2.41. The fourth-order valence-corrected chi connectivity index (χ4v) is 5.59. The number of rotatable bonds is 5. The monoisotopic (exact) mass is 507 g/mol. The minimum atomic E-state index is -0.549. The standard InChI is InChI=1S/C32H30FN3O2/c1-19-15-22(18-38-24-13-11-23(33)12-14-24)21(3)25(16-19)30-26(17-34)32(35)36(27-8-5-4-7-20(27)2)28-9-6-10-29(37)31(28)30/h4-5,7-8,11-16,30H,6,9-10,18,35H2,1-3H3. The van der Waals surface area contributed by atoms with E-state index in [9.17, 15) is 14.4 Å². The summed E-state index contributed by atoms with van der Waals surface area (Å²) in [5, 5.41) is 10.4. The fourth-order valence-electron chi connectivity index (χ4n) is 5.59. The molecule has 1 aliphatic carbocycles. The van der Waals surface area contributed by atoms with Crippen LogP contribution in [0, 0.1) is 37.9 Å². The average molecular weight is 508 g/mol. The van der Waals surface area contributed by atoms with Crippen LogP contribution in [0.3, 0.4) is 0 Å². The summed E-state index contributed by atoms with van der Waals surface area (Å²) in [7, 11) is 0. The Balaban J connectivity index is 1.64. The van der Waals surface area contributed by atoms with Gasteiger partial charge in [0.05, 0.1) is 23.2 Å². The van der Waals surface area contributed by atoms with Crippen molar-refractivity contribution in [3.63, 3.8) is 0 Å². The zero-order valence-electron chi connectivity index (χ0n) is 21.8. The maximum absolute atomic E-state index is 13.5. The molecule has 3 aromatic carbocycles. The number of nitriles is 1. The van der Waals surface area contributed by atoms with Crippen LogP contribution in [0.2, 0.25) is 0 Å². The molecule has 5 rings (SSSR count). The molecule has 38 heavy (non-hydrogen) atoms. The highest BCUT2D eigenvalue weighted by Crippen LogP contribution is 2.47. The molecule has 6 heteroatoms. The third-order valence-electron chi connectivity index (χ3n) is 7.49. The third kappa shape index (κ3) is 4.45. The summed E-state index contributed by atoms with van der Waals surface area (Å²) in [6.45, 7) is 6.26. The molecule has 2 N–H and O–H groups in total. The van der Waals surface area contributed by atoms with Gasteiger partial charge in [0.2, 0.25) is 0 Å². The maximum atomic E-state index is 13.5. The fraction of sp³-hybridized carbons (Fsp3) is 0.250. The largest absolute Gasteiger partial charge is 0.489 e. The number of carbonyl (C=O) groups is 1. The summed E-state index contributed by atoms with van der Waals surface area (Å²) in [5.74, 6) is 0.116. The number of hydrogen-bond acceptors (Lipinski definition) is 5. The first-order valence-electron chi connectivity index (χ1n) is 12.8. The second-order valence-corrected chi connectivity index (χ2v) is 9.98. The molecule has 0 spiro atoms. The van der Waals surface area contributed by atoms with E-state index < -0.39 is 5.92 Å². The van der Waals surface area contributed by atoms with E-state index in [0.29, 0.717) is 35.6 Å². The second kappa shape index (κ2) is 10.2. The van der Waals surface area contributed by atoms with E-state index in [2.05, 4.69) is 6.07 Å². The molecule has 0 saturated carbocycles. The first kappa shape index (κ1) is 25.3. The molecule has 2 aliphatic rings. The number of allylic oxidation sites excluding steroid dienone is 3. The van der Waals surface area contributed by atoms with E-state index in [1.807, 2.05) is 62.1 Å². The van der Waals surface area contributed by atoms with Gasteiger partial charge < -0.3 is 10.5 Å². The topological polar surface area (TPSA) is 79.3 Å². The van der Waals surface area contributed by atoms with Crippen molar-refractivity contribution < 1.29 is 13.9 Å². The lowest BCUT2D eigenvalue weighted by molar-refractivity contribution is -0.116. The number of anilines is 1. The van der Waals surface area contributed by atoms with Crippen molar-refractivity contribution in [1.82, 2.24) is 0 Å². The molecule has 1 atom stereocenters. The van der Waals surface area contributed by atoms with E-state index in [0.717, 1.165) is 45.6 Å². The number of carbonyl (C=O) groups excluding carboxylic acids is 1. The zero-order valence-corrected chi connectivity index (χ0v) is 21.8. The molecule has 3 aromatic rings. The normalized spacial score (nSPS) is 17.4. The summed E-state index contributed by atoms with van der Waals surface area (Å²) in [4.78, 5) is 15.5. The Morgan fingerprint density at radius 1 is 1.08 bits per heavy atom. The molecule has 1 aliphatic heterocycles. The highest BCUT2D eigenvalue weighted by atomic mass is 19.1. The molecular formula is C32H30FN3O2. The Bertz CT molecular complexity index is 1530. The highest BCUT2D eigenvalue weighted by molar-refractivity contribution is 6.01. The molecule has 0 bridgehead atoms. The summed E-state index contributed by atoms with van der Waals surface area (Å²) in [5.41, 5.74) is 14.3. The Kier molecular flexibility index (Phi) is 6.77. The zero-order chi connectivity index (χ0) is 27.0. The van der Waals surface area contributed by atoms with E-state index >= 15 is 0 Å². The van der Waals surface area contributed by atoms with Crippen LogP contribution in [0.4, 0.5) is 10.1 Å². The SMILES string of the molecule is Cc1cc(COc2ccc(F)cc2)c(C)c(C2C(C#N)=C(N)N(c3ccccc3C)C3=C2C(=O)CCC3)c1. The van der Waals surface area contributed by atoms with Crippen molar-refractivity contribution in [2.75, 3.05) is 4.90 Å². The van der Waals surface area contributed by atoms with Crippen LogP contribution < -0.4 is 15.4 Å². The van der Waals surface area contributed by atoms with Crippen molar-refractivity contribution in [1.29, 1.82) is 5.26 Å². The Morgan fingerprint density at radius 3 is 2.53 bits per heavy atom. The van der Waals surface area contributed by atoms with Crippen LogP contribution in [-0.2, 0) is 11.4 Å². The molecule has 0 aromatic heterocycles. The van der Waals surface area contributed by atoms with Crippen LogP contribution in [0.25, 0.3) is 0 Å². The van der Waals surface area contributed by atoms with Crippen LogP contribution in [-0.4, -0.2) is 5.78 Å². The lowest BCUT2D eigenvalue weighted by atomic mass is 9.73.